The Bertz CT molecular complexity index is 1440. The van der Waals surface area contributed by atoms with Gasteiger partial charge in [0.25, 0.3) is 0 Å². The van der Waals surface area contributed by atoms with Gasteiger partial charge in [-0.2, -0.15) is 9.29 Å². The van der Waals surface area contributed by atoms with Crippen molar-refractivity contribution in [1.82, 2.24) is 14.3 Å². The Morgan fingerprint density at radius 2 is 1.58 bits per heavy atom. The molecule has 186 valence electrons. The molecule has 6 rings (SSSR count). The van der Waals surface area contributed by atoms with Crippen LogP contribution in [0.2, 0.25) is 0 Å². The van der Waals surface area contributed by atoms with Crippen molar-refractivity contribution in [3.63, 3.8) is 0 Å². The van der Waals surface area contributed by atoms with E-state index in [4.69, 9.17) is 4.74 Å². The molecule has 0 atom stereocenters. The first-order valence-electron chi connectivity index (χ1n) is 12.2. The van der Waals surface area contributed by atoms with Crippen molar-refractivity contribution in [3.05, 3.63) is 65.5 Å². The van der Waals surface area contributed by atoms with Gasteiger partial charge in [0.05, 0.1) is 10.6 Å². The molecule has 1 amide bonds. The normalized spacial score (nSPS) is 17.9. The minimum atomic E-state index is -3.64. The average molecular weight is 506 g/mol. The molecule has 3 aliphatic rings. The van der Waals surface area contributed by atoms with Crippen LogP contribution in [-0.4, -0.2) is 61.3 Å². The van der Waals surface area contributed by atoms with Crippen LogP contribution in [0.1, 0.15) is 23.4 Å². The number of para-hydroxylation sites is 1. The Morgan fingerprint density at radius 1 is 0.861 bits per heavy atom. The van der Waals surface area contributed by atoms with Gasteiger partial charge < -0.3 is 14.5 Å². The van der Waals surface area contributed by atoms with Crippen LogP contribution < -0.4 is 14.5 Å². The van der Waals surface area contributed by atoms with Crippen molar-refractivity contribution in [3.8, 4) is 11.6 Å². The maximum absolute atomic E-state index is 13.6. The van der Waals surface area contributed by atoms with Crippen LogP contribution in [0, 0.1) is 6.92 Å². The lowest BCUT2D eigenvalue weighted by Gasteiger charge is -2.35. The van der Waals surface area contributed by atoms with Gasteiger partial charge in [0.1, 0.15) is 17.4 Å². The van der Waals surface area contributed by atoms with Gasteiger partial charge >= 0.3 is 0 Å². The number of carbonyl (C=O) groups is 1. The SMILES string of the molecule is Cc1nc(Oc2ccccc2)cc(N2CCN(S(=O)(=O)c3cc4c5c(c3)CCN5C(=O)CC4)CC2)n1. The summed E-state index contributed by atoms with van der Waals surface area (Å²) in [4.78, 5) is 25.4. The highest BCUT2D eigenvalue weighted by atomic mass is 32.2. The van der Waals surface area contributed by atoms with E-state index >= 15 is 0 Å². The van der Waals surface area contributed by atoms with Crippen LogP contribution in [0.25, 0.3) is 0 Å². The zero-order valence-corrected chi connectivity index (χ0v) is 20.9. The summed E-state index contributed by atoms with van der Waals surface area (Å²) in [7, 11) is -3.64. The Morgan fingerprint density at radius 3 is 2.33 bits per heavy atom. The first kappa shape index (κ1) is 22.9. The van der Waals surface area contributed by atoms with E-state index in [1.54, 1.807) is 22.5 Å². The van der Waals surface area contributed by atoms with E-state index in [1.165, 1.54) is 0 Å². The second kappa shape index (κ2) is 8.86. The molecule has 3 aliphatic heterocycles. The second-order valence-corrected chi connectivity index (χ2v) is 11.2. The molecule has 1 fully saturated rings. The number of ether oxygens (including phenoxy) is 1. The molecule has 36 heavy (non-hydrogen) atoms. The molecule has 4 heterocycles. The summed E-state index contributed by atoms with van der Waals surface area (Å²) in [5.74, 6) is 2.59. The minimum Gasteiger partial charge on any atom is -0.439 e. The number of anilines is 2. The van der Waals surface area contributed by atoms with Crippen molar-refractivity contribution in [2.24, 2.45) is 0 Å². The number of sulfonamides is 1. The predicted molar refractivity (Wildman–Crippen MR) is 135 cm³/mol. The number of piperazine rings is 1. The Balaban J connectivity index is 1.19. The van der Waals surface area contributed by atoms with Gasteiger partial charge in [0.15, 0.2) is 0 Å². The summed E-state index contributed by atoms with van der Waals surface area (Å²) in [6, 6.07) is 14.8. The minimum absolute atomic E-state index is 0.130. The van der Waals surface area contributed by atoms with Crippen LogP contribution in [0.3, 0.4) is 0 Å². The molecule has 9 nitrogen and oxygen atoms in total. The zero-order valence-electron chi connectivity index (χ0n) is 20.1. The Kier molecular flexibility index (Phi) is 5.65. The summed E-state index contributed by atoms with van der Waals surface area (Å²) in [6.07, 6.45) is 1.73. The van der Waals surface area contributed by atoms with Crippen molar-refractivity contribution >= 4 is 27.4 Å². The first-order chi connectivity index (χ1) is 17.4. The second-order valence-electron chi connectivity index (χ2n) is 9.30. The molecule has 3 aromatic rings. The molecule has 2 aromatic carbocycles. The quantitative estimate of drug-likeness (QED) is 0.526. The molecule has 0 bridgehead atoms. The summed E-state index contributed by atoms with van der Waals surface area (Å²) < 4.78 is 34.6. The monoisotopic (exact) mass is 505 g/mol. The lowest BCUT2D eigenvalue weighted by molar-refractivity contribution is -0.118. The number of aromatic nitrogens is 2. The summed E-state index contributed by atoms with van der Waals surface area (Å²) >= 11 is 0. The number of amides is 1. The zero-order chi connectivity index (χ0) is 24.9. The topological polar surface area (TPSA) is 95.9 Å². The predicted octanol–water partition coefficient (Wildman–Crippen LogP) is 2.92. The number of nitrogens with zero attached hydrogens (tertiary/aromatic N) is 5. The molecule has 0 radical (unpaired) electrons. The lowest BCUT2D eigenvalue weighted by Crippen LogP contribution is -2.49. The Labute approximate surface area is 210 Å². The standard InChI is InChI=1S/C26H27N5O4S/c1-18-27-23(17-24(28-18)35-21-5-3-2-4-6-21)29-11-13-30(14-12-29)36(33,34)22-15-19-7-8-25(32)31-10-9-20(16-22)26(19)31/h2-6,15-17H,7-14H2,1H3. The number of aryl methyl sites for hydroxylation is 2. The molecule has 0 aliphatic carbocycles. The van der Waals surface area contributed by atoms with Crippen molar-refractivity contribution in [1.29, 1.82) is 0 Å². The van der Waals surface area contributed by atoms with Gasteiger partial charge in [-0.3, -0.25) is 4.79 Å². The first-order valence-corrected chi connectivity index (χ1v) is 13.6. The van der Waals surface area contributed by atoms with E-state index in [0.29, 0.717) is 74.3 Å². The van der Waals surface area contributed by atoms with Gasteiger partial charge in [0, 0.05) is 45.2 Å². The van der Waals surface area contributed by atoms with Gasteiger partial charge in [0.2, 0.25) is 21.8 Å². The fourth-order valence-corrected chi connectivity index (χ4v) is 6.75. The third kappa shape index (κ3) is 4.10. The van der Waals surface area contributed by atoms with E-state index in [1.807, 2.05) is 42.2 Å². The maximum atomic E-state index is 13.6. The van der Waals surface area contributed by atoms with Crippen molar-refractivity contribution in [2.75, 3.05) is 42.5 Å². The van der Waals surface area contributed by atoms with E-state index in [2.05, 4.69) is 14.9 Å². The van der Waals surface area contributed by atoms with E-state index < -0.39 is 10.0 Å². The fourth-order valence-electron chi connectivity index (χ4n) is 5.23. The molecule has 10 heteroatoms. The van der Waals surface area contributed by atoms with E-state index in [0.717, 1.165) is 22.6 Å². The fraction of sp³-hybridized carbons (Fsp3) is 0.346. The molecule has 0 N–H and O–H groups in total. The maximum Gasteiger partial charge on any atom is 0.243 e. The Hall–Kier alpha value is -3.50. The molecule has 0 spiro atoms. The van der Waals surface area contributed by atoms with Gasteiger partial charge in [-0.25, -0.2) is 13.4 Å². The number of rotatable bonds is 5. The third-order valence-electron chi connectivity index (χ3n) is 6.99. The molecular formula is C26H27N5O4S. The van der Waals surface area contributed by atoms with Crippen LogP contribution in [0.4, 0.5) is 11.5 Å². The van der Waals surface area contributed by atoms with Gasteiger partial charge in [-0.1, -0.05) is 18.2 Å². The number of hydrogen-bond acceptors (Lipinski definition) is 7. The third-order valence-corrected chi connectivity index (χ3v) is 8.87. The highest BCUT2D eigenvalue weighted by Crippen LogP contribution is 2.39. The van der Waals surface area contributed by atoms with Crippen molar-refractivity contribution in [2.45, 2.75) is 31.1 Å². The highest BCUT2D eigenvalue weighted by molar-refractivity contribution is 7.89. The molecule has 0 saturated carbocycles. The summed E-state index contributed by atoms with van der Waals surface area (Å²) in [6.45, 7) is 4.20. The number of carbonyl (C=O) groups excluding carboxylic acids is 1. The highest BCUT2D eigenvalue weighted by Gasteiger charge is 2.35. The number of benzene rings is 2. The van der Waals surface area contributed by atoms with Gasteiger partial charge in [-0.05, 0) is 55.2 Å². The molecule has 0 unspecified atom stereocenters. The summed E-state index contributed by atoms with van der Waals surface area (Å²) in [5, 5.41) is 0. The molecule has 1 saturated heterocycles. The van der Waals surface area contributed by atoms with Gasteiger partial charge in [-0.15, -0.1) is 0 Å². The number of hydrogen-bond donors (Lipinski definition) is 0. The van der Waals surface area contributed by atoms with E-state index in [9.17, 15) is 13.2 Å². The summed E-state index contributed by atoms with van der Waals surface area (Å²) in [5.41, 5.74) is 2.85. The van der Waals surface area contributed by atoms with Crippen LogP contribution in [0.15, 0.2) is 53.4 Å². The largest absolute Gasteiger partial charge is 0.439 e. The molecular weight excluding hydrogens is 478 g/mol. The lowest BCUT2D eigenvalue weighted by atomic mass is 10.00. The average Bonchev–Trinajstić information content (AvgIpc) is 3.32. The smallest absolute Gasteiger partial charge is 0.243 e. The van der Waals surface area contributed by atoms with Crippen LogP contribution in [-0.2, 0) is 27.7 Å². The van der Waals surface area contributed by atoms with Crippen LogP contribution >= 0.6 is 0 Å². The van der Waals surface area contributed by atoms with Crippen LogP contribution in [0.5, 0.6) is 11.6 Å². The molecule has 1 aromatic heterocycles. The van der Waals surface area contributed by atoms with Crippen molar-refractivity contribution < 1.29 is 17.9 Å². The van der Waals surface area contributed by atoms with E-state index in [-0.39, 0.29) is 5.91 Å².